The van der Waals surface area contributed by atoms with Crippen molar-refractivity contribution >= 4 is 131 Å². The van der Waals surface area contributed by atoms with Crippen molar-refractivity contribution in [1.82, 2.24) is 67.3 Å². The maximum Gasteiger partial charge on any atom is 0.235 e. The number of hydrogen-bond donors (Lipinski definition) is 0. The highest BCUT2D eigenvalue weighted by Gasteiger charge is 2.27. The van der Waals surface area contributed by atoms with Gasteiger partial charge in [-0.3, -0.25) is 19.5 Å². The third kappa shape index (κ3) is 15.4. The second kappa shape index (κ2) is 37.0. The molecule has 14 heteroatoms. The van der Waals surface area contributed by atoms with Crippen molar-refractivity contribution in [2.24, 2.45) is 0 Å². The van der Waals surface area contributed by atoms with Crippen molar-refractivity contribution in [3.8, 4) is 135 Å². The third-order valence-electron chi connectivity index (χ3n) is 29.0. The van der Waals surface area contributed by atoms with Crippen molar-refractivity contribution < 1.29 is 0 Å². The molecule has 0 saturated carbocycles. The first-order valence-electron chi connectivity index (χ1n) is 50.5. The summed E-state index contributed by atoms with van der Waals surface area (Å²) in [6.07, 6.45) is 7.60. The van der Waals surface area contributed by atoms with Crippen LogP contribution in [0.3, 0.4) is 0 Å². The first-order chi connectivity index (χ1) is 74.4. The van der Waals surface area contributed by atoms with E-state index in [0.717, 1.165) is 233 Å². The average Bonchev–Trinajstić information content (AvgIpc) is 1.59. The summed E-state index contributed by atoms with van der Waals surface area (Å²) in [6.45, 7) is 0. The van der Waals surface area contributed by atoms with Crippen LogP contribution in [0.25, 0.3) is 267 Å². The lowest BCUT2D eigenvalue weighted by Crippen LogP contribution is -2.04. The molecular formula is C136H88N14. The maximum atomic E-state index is 5.23. The Morgan fingerprint density at radius 1 is 0.147 bits per heavy atom. The van der Waals surface area contributed by atoms with Gasteiger partial charge in [0.05, 0.1) is 129 Å². The second-order valence-corrected chi connectivity index (χ2v) is 37.7. The van der Waals surface area contributed by atoms with E-state index in [1.807, 2.05) is 91.5 Å². The number of para-hydroxylation sites is 6. The second-order valence-electron chi connectivity index (χ2n) is 37.7. The third-order valence-corrected chi connectivity index (χ3v) is 29.0. The standard InChI is InChI=1S/C46H30N4.2C45H29N5/c1-4-13-31(14-5-1)40-29-36(30-41(48-40)32-15-6-2-7-16-32)50-42-20-11-10-19-37(42)38-24-22-33(27-44(38)50)34-23-25-39-45(28-34)49(35-17-8-3-9-18-35)43-21-12-26-47-46(39)43;1-4-13-30(14-5-1)38-29-39(31-15-6-2-7-16-31)48-45(47-38)50-40-20-11-10-19-35(40)36-24-22-32(27-42(36)50)33-23-25-37-43(28-33)49(34-17-8-3-9-18-34)41-21-12-26-46-44(37)41;1-4-13-30(14-5-1)43-42(29-47-45(48-43)31-15-6-2-7-16-31)50-38-20-11-10-19-35(38)36-24-22-32(27-40(36)50)33-23-25-37-41(28-33)49(34-17-8-3-9-18-34)39-21-12-26-46-44(37)39/h1-30H;2*1-29H. The van der Waals surface area contributed by atoms with Gasteiger partial charge in [0.1, 0.15) is 0 Å². The van der Waals surface area contributed by atoms with Gasteiger partial charge in [-0.15, -0.1) is 0 Å². The minimum atomic E-state index is 0.638. The summed E-state index contributed by atoms with van der Waals surface area (Å²) in [6, 6.07) is 179. The average molecular weight is 1920 g/mol. The molecule has 0 radical (unpaired) electrons. The van der Waals surface area contributed by atoms with Crippen LogP contribution in [0.1, 0.15) is 0 Å². The van der Waals surface area contributed by atoms with Crippen LogP contribution in [0.2, 0.25) is 0 Å². The highest BCUT2D eigenvalue weighted by atomic mass is 15.2. The van der Waals surface area contributed by atoms with Crippen LogP contribution in [0.15, 0.2) is 534 Å². The summed E-state index contributed by atoms with van der Waals surface area (Å²) in [7, 11) is 0. The Labute approximate surface area is 862 Å². The van der Waals surface area contributed by atoms with Gasteiger partial charge in [-0.2, -0.15) is 0 Å². The Kier molecular flexibility index (Phi) is 21.6. The fourth-order valence-corrected chi connectivity index (χ4v) is 22.1. The molecule has 0 N–H and O–H groups in total. The number of rotatable bonds is 15. The molecule has 18 aromatic carbocycles. The van der Waals surface area contributed by atoms with Crippen LogP contribution in [0, 0.1) is 0 Å². The molecule has 0 spiro atoms. The van der Waals surface area contributed by atoms with Gasteiger partial charge >= 0.3 is 0 Å². The molecule has 0 amide bonds. The fourth-order valence-electron chi connectivity index (χ4n) is 22.1. The highest BCUT2D eigenvalue weighted by Crippen LogP contribution is 2.46. The van der Waals surface area contributed by atoms with E-state index < -0.39 is 0 Å². The van der Waals surface area contributed by atoms with Crippen LogP contribution in [-0.4, -0.2) is 67.3 Å². The van der Waals surface area contributed by atoms with Crippen LogP contribution in [-0.2, 0) is 0 Å². The molecule has 30 rings (SSSR count). The predicted octanol–water partition coefficient (Wildman–Crippen LogP) is 33.8. The molecule has 0 aliphatic heterocycles. The van der Waals surface area contributed by atoms with Gasteiger partial charge in [0, 0.05) is 118 Å². The molecule has 150 heavy (non-hydrogen) atoms. The van der Waals surface area contributed by atoms with E-state index >= 15 is 0 Å². The Bertz CT molecular complexity index is 9930. The number of nitrogens with zero attached hydrogens (tertiary/aromatic N) is 14. The number of hydrogen-bond acceptors (Lipinski definition) is 8. The molecule has 14 nitrogen and oxygen atoms in total. The van der Waals surface area contributed by atoms with Crippen LogP contribution in [0.4, 0.5) is 0 Å². The molecule has 0 bridgehead atoms. The van der Waals surface area contributed by atoms with Crippen LogP contribution in [0.5, 0.6) is 0 Å². The number of pyridine rings is 4. The molecular weight excluding hydrogens is 1830 g/mol. The molecule has 0 atom stereocenters. The molecule has 0 fully saturated rings. The largest absolute Gasteiger partial charge is 0.309 e. The zero-order valence-corrected chi connectivity index (χ0v) is 81.1. The molecule has 12 heterocycles. The van der Waals surface area contributed by atoms with Crippen LogP contribution >= 0.6 is 0 Å². The lowest BCUT2D eigenvalue weighted by atomic mass is 10.0. The van der Waals surface area contributed by atoms with Crippen molar-refractivity contribution in [2.75, 3.05) is 0 Å². The van der Waals surface area contributed by atoms with Crippen molar-refractivity contribution in [3.05, 3.63) is 534 Å². The molecule has 0 aliphatic carbocycles. The molecule has 702 valence electrons. The fraction of sp³-hybridized carbons (Fsp3) is 0. The molecule has 0 unspecified atom stereocenters. The first-order valence-corrected chi connectivity index (χ1v) is 50.5. The summed E-state index contributed by atoms with van der Waals surface area (Å²) < 4.78 is 13.9. The van der Waals surface area contributed by atoms with Crippen molar-refractivity contribution in [2.45, 2.75) is 0 Å². The Morgan fingerprint density at radius 3 is 0.767 bits per heavy atom. The first kappa shape index (κ1) is 87.3. The van der Waals surface area contributed by atoms with Crippen molar-refractivity contribution in [1.29, 1.82) is 0 Å². The van der Waals surface area contributed by atoms with Gasteiger partial charge in [0.2, 0.25) is 5.95 Å². The van der Waals surface area contributed by atoms with E-state index in [1.165, 1.54) is 21.5 Å². The van der Waals surface area contributed by atoms with E-state index in [0.29, 0.717) is 11.8 Å². The minimum Gasteiger partial charge on any atom is -0.309 e. The topological polar surface area (TPSA) is 133 Å². The van der Waals surface area contributed by atoms with Gasteiger partial charge in [-0.25, -0.2) is 24.9 Å². The Morgan fingerprint density at radius 2 is 0.407 bits per heavy atom. The normalized spacial score (nSPS) is 11.6. The molecule has 12 aromatic heterocycles. The zero-order valence-electron chi connectivity index (χ0n) is 81.1. The molecule has 0 aliphatic rings. The van der Waals surface area contributed by atoms with E-state index in [4.69, 9.17) is 39.9 Å². The van der Waals surface area contributed by atoms with Crippen LogP contribution < -0.4 is 0 Å². The predicted molar refractivity (Wildman–Crippen MR) is 617 cm³/mol. The van der Waals surface area contributed by atoms with Gasteiger partial charge in [-0.05, 0) is 197 Å². The molecule has 30 aromatic rings. The monoisotopic (exact) mass is 1920 g/mol. The van der Waals surface area contributed by atoms with E-state index in [1.54, 1.807) is 0 Å². The quantitative estimate of drug-likeness (QED) is 0.0991. The summed E-state index contributed by atoms with van der Waals surface area (Å²) >= 11 is 0. The highest BCUT2D eigenvalue weighted by molar-refractivity contribution is 6.16. The van der Waals surface area contributed by atoms with Gasteiger partial charge in [-0.1, -0.05) is 346 Å². The Hall–Kier alpha value is -20.5. The Balaban J connectivity index is 0.000000108. The molecule has 0 saturated heterocycles. The summed E-state index contributed by atoms with van der Waals surface area (Å²) in [4.78, 5) is 40.2. The minimum absolute atomic E-state index is 0.638. The van der Waals surface area contributed by atoms with E-state index in [9.17, 15) is 0 Å². The van der Waals surface area contributed by atoms with Gasteiger partial charge in [0.25, 0.3) is 0 Å². The summed E-state index contributed by atoms with van der Waals surface area (Å²) in [5.74, 6) is 1.34. The smallest absolute Gasteiger partial charge is 0.235 e. The SMILES string of the molecule is c1ccc(-c2cc(-c3ccccc3)nc(-n3c4ccccc4c4ccc(-c5ccc6c7ncccc7n(-c7ccccc7)c6c5)cc43)n2)cc1.c1ccc(-c2cc(-n3c4ccccc4c4ccc(-c5ccc6c7ncccc7n(-c7ccccc7)c6c5)cc43)cc(-c3ccccc3)n2)cc1.c1ccc(-c2ncc(-n3c4ccccc4c4ccc(-c5ccc6c7ncccc7n(-c7ccccc7)c6c5)cc43)c(-c3ccccc3)n2)cc1. The maximum absolute atomic E-state index is 5.23. The van der Waals surface area contributed by atoms with E-state index in [2.05, 4.69) is 470 Å². The lowest BCUT2D eigenvalue weighted by Gasteiger charge is -2.15. The number of benzene rings is 18. The number of fused-ring (bicyclic) bond motifs is 18. The lowest BCUT2D eigenvalue weighted by molar-refractivity contribution is 0.996. The van der Waals surface area contributed by atoms with Gasteiger partial charge in [0.15, 0.2) is 5.82 Å². The summed E-state index contributed by atoms with van der Waals surface area (Å²) in [5.41, 5.74) is 39.3. The number of aromatic nitrogens is 14. The van der Waals surface area contributed by atoms with E-state index in [-0.39, 0.29) is 0 Å². The summed E-state index contributed by atoms with van der Waals surface area (Å²) in [5, 5.41) is 10.5. The van der Waals surface area contributed by atoms with Gasteiger partial charge < -0.3 is 22.8 Å². The van der Waals surface area contributed by atoms with Crippen molar-refractivity contribution in [3.63, 3.8) is 0 Å². The zero-order chi connectivity index (χ0) is 99.1.